The molecule has 0 aliphatic heterocycles. The van der Waals surface area contributed by atoms with Gasteiger partial charge in [-0.05, 0) is 17.6 Å². The van der Waals surface area contributed by atoms with Gasteiger partial charge in [0, 0.05) is 21.1 Å². The monoisotopic (exact) mass is 279 g/mol. The summed E-state index contributed by atoms with van der Waals surface area (Å²) < 4.78 is 26.2. The average molecular weight is 279 g/mol. The third-order valence-electron chi connectivity index (χ3n) is 1.15. The molecular weight excluding hydrogens is 258 g/mol. The number of aliphatic imine (C=N–C) groups is 1. The first-order chi connectivity index (χ1) is 7.54. The fraction of sp³-hybridized carbons (Fsp3) is 0.800. The second-order valence-corrected chi connectivity index (χ2v) is 6.63. The Labute approximate surface area is 110 Å². The van der Waals surface area contributed by atoms with Crippen molar-refractivity contribution in [3.63, 3.8) is 0 Å². The number of isothiocyanates is 1. The van der Waals surface area contributed by atoms with Crippen LogP contribution in [0.5, 0.6) is 0 Å². The van der Waals surface area contributed by atoms with E-state index >= 15 is 0 Å². The van der Waals surface area contributed by atoms with E-state index in [0.717, 1.165) is 0 Å². The first kappa shape index (κ1) is 18.6. The lowest BCUT2D eigenvalue weighted by Gasteiger charge is -2.15. The first-order valence-electron chi connectivity index (χ1n) is 4.94. The molecule has 0 N–H and O–H groups in total. The summed E-state index contributed by atoms with van der Waals surface area (Å²) in [7, 11) is 1.75. The molecule has 0 aliphatic rings. The van der Waals surface area contributed by atoms with Gasteiger partial charge < -0.3 is 4.90 Å². The lowest BCUT2D eigenvalue weighted by molar-refractivity contribution is 0.462. The molecule has 0 aliphatic carbocycles. The quantitative estimate of drug-likeness (QED) is 0.448. The molecule has 0 amide bonds. The van der Waals surface area contributed by atoms with E-state index < -0.39 is 10.0 Å². The molecule has 0 bridgehead atoms. The Morgan fingerprint density at radius 2 is 1.76 bits per heavy atom. The molecule has 0 rings (SSSR count). The number of rotatable bonds is 3. The molecule has 0 saturated carbocycles. The normalized spacial score (nSPS) is 11.4. The molecule has 0 aromatic carbocycles. The highest BCUT2D eigenvalue weighted by Crippen LogP contribution is 2.16. The van der Waals surface area contributed by atoms with Crippen molar-refractivity contribution in [1.29, 1.82) is 0 Å². The molecule has 0 saturated heterocycles. The molecule has 17 heavy (non-hydrogen) atoms. The lowest BCUT2D eigenvalue weighted by atomic mass is 10.0. The zero-order valence-electron chi connectivity index (χ0n) is 11.3. The highest BCUT2D eigenvalue weighted by molar-refractivity contribution is 7.90. The molecule has 0 heterocycles. The molecular formula is C10H21N3O2S2. The Bertz CT molecular complexity index is 375. The first-order valence-corrected chi connectivity index (χ1v) is 6.96. The van der Waals surface area contributed by atoms with Gasteiger partial charge in [0.1, 0.15) is 6.34 Å². The van der Waals surface area contributed by atoms with Crippen molar-refractivity contribution in [3.05, 3.63) is 0 Å². The predicted molar refractivity (Wildman–Crippen MR) is 76.4 cm³/mol. The number of hydrogen-bond acceptors (Lipinski definition) is 4. The topological polar surface area (TPSA) is 62.1 Å². The second-order valence-electron chi connectivity index (χ2n) is 4.79. The van der Waals surface area contributed by atoms with Crippen LogP contribution in [0.15, 0.2) is 9.39 Å². The SMILES string of the molecule is CN(C)C=NS(=O)(=O)CC(C)(C)C.CN=C=S. The Balaban J connectivity index is 0. The van der Waals surface area contributed by atoms with Crippen LogP contribution < -0.4 is 0 Å². The highest BCUT2D eigenvalue weighted by atomic mass is 32.2. The van der Waals surface area contributed by atoms with Gasteiger partial charge in [0.2, 0.25) is 0 Å². The zero-order valence-corrected chi connectivity index (χ0v) is 12.9. The standard InChI is InChI=1S/C8H18N2O2S.C2H3NS/c1-8(2,3)6-13(11,12)9-7-10(4)5;1-3-2-4/h7H,6H2,1-5H3;1H3. The van der Waals surface area contributed by atoms with Crippen LogP contribution >= 0.6 is 12.2 Å². The van der Waals surface area contributed by atoms with E-state index in [1.54, 1.807) is 26.0 Å². The van der Waals surface area contributed by atoms with Crippen LogP contribution in [0.3, 0.4) is 0 Å². The molecule has 0 aromatic heterocycles. The number of hydrogen-bond donors (Lipinski definition) is 0. The van der Waals surface area contributed by atoms with Gasteiger partial charge in [-0.1, -0.05) is 20.8 Å². The predicted octanol–water partition coefficient (Wildman–Crippen LogP) is 1.67. The number of nitrogens with zero attached hydrogens (tertiary/aromatic N) is 3. The van der Waals surface area contributed by atoms with E-state index in [-0.39, 0.29) is 11.2 Å². The van der Waals surface area contributed by atoms with Crippen molar-refractivity contribution < 1.29 is 8.42 Å². The zero-order chi connectivity index (χ0) is 14.1. The maximum atomic E-state index is 11.3. The van der Waals surface area contributed by atoms with Crippen molar-refractivity contribution in [2.75, 3.05) is 26.9 Å². The van der Waals surface area contributed by atoms with Gasteiger partial charge >= 0.3 is 0 Å². The molecule has 0 radical (unpaired) electrons. The van der Waals surface area contributed by atoms with E-state index in [9.17, 15) is 8.42 Å². The Hall–Kier alpha value is -0.780. The van der Waals surface area contributed by atoms with Crippen molar-refractivity contribution >= 4 is 33.7 Å². The van der Waals surface area contributed by atoms with Crippen LogP contribution in [-0.2, 0) is 10.0 Å². The number of sulfonamides is 1. The van der Waals surface area contributed by atoms with Crippen molar-refractivity contribution in [3.8, 4) is 0 Å². The van der Waals surface area contributed by atoms with Crippen LogP contribution in [0.25, 0.3) is 0 Å². The average Bonchev–Trinajstić information content (AvgIpc) is 2.12. The maximum absolute atomic E-state index is 11.3. The van der Waals surface area contributed by atoms with Crippen LogP contribution in [0.4, 0.5) is 0 Å². The van der Waals surface area contributed by atoms with E-state index in [1.807, 2.05) is 20.8 Å². The van der Waals surface area contributed by atoms with Crippen LogP contribution in [0.1, 0.15) is 20.8 Å². The smallest absolute Gasteiger partial charge is 0.254 e. The third kappa shape index (κ3) is 17.8. The summed E-state index contributed by atoms with van der Waals surface area (Å²) in [6.07, 6.45) is 1.31. The maximum Gasteiger partial charge on any atom is 0.254 e. The Kier molecular flexibility index (Phi) is 9.11. The van der Waals surface area contributed by atoms with Crippen LogP contribution in [0.2, 0.25) is 0 Å². The van der Waals surface area contributed by atoms with E-state index in [1.165, 1.54) is 6.34 Å². The molecule has 5 nitrogen and oxygen atoms in total. The fourth-order valence-corrected chi connectivity index (χ4v) is 2.25. The van der Waals surface area contributed by atoms with Crippen molar-refractivity contribution in [2.24, 2.45) is 14.8 Å². The summed E-state index contributed by atoms with van der Waals surface area (Å²) in [6, 6.07) is 0. The van der Waals surface area contributed by atoms with Gasteiger partial charge in [-0.3, -0.25) is 0 Å². The van der Waals surface area contributed by atoms with Crippen molar-refractivity contribution in [2.45, 2.75) is 20.8 Å². The summed E-state index contributed by atoms with van der Waals surface area (Å²) in [5, 5.41) is 2.14. The third-order valence-corrected chi connectivity index (χ3v) is 2.97. The minimum Gasteiger partial charge on any atom is -0.368 e. The molecule has 0 aromatic rings. The molecule has 0 fully saturated rings. The summed E-state index contributed by atoms with van der Waals surface area (Å²) in [5.41, 5.74) is -0.248. The fourth-order valence-electron chi connectivity index (χ4n) is 0.751. The molecule has 100 valence electrons. The lowest BCUT2D eigenvalue weighted by Crippen LogP contribution is -2.20. The second kappa shape index (κ2) is 8.33. The van der Waals surface area contributed by atoms with Gasteiger partial charge in [-0.15, -0.1) is 0 Å². The van der Waals surface area contributed by atoms with Crippen LogP contribution in [0, 0.1) is 5.41 Å². The summed E-state index contributed by atoms with van der Waals surface area (Å²) in [6.45, 7) is 5.61. The molecule has 0 spiro atoms. The van der Waals surface area contributed by atoms with Gasteiger partial charge in [0.25, 0.3) is 10.0 Å². The van der Waals surface area contributed by atoms with E-state index in [0.29, 0.717) is 0 Å². The summed E-state index contributed by atoms with van der Waals surface area (Å²) >= 11 is 4.14. The van der Waals surface area contributed by atoms with Crippen LogP contribution in [-0.4, -0.2) is 51.7 Å². The largest absolute Gasteiger partial charge is 0.368 e. The summed E-state index contributed by atoms with van der Waals surface area (Å²) in [4.78, 5) is 4.90. The highest BCUT2D eigenvalue weighted by Gasteiger charge is 2.20. The van der Waals surface area contributed by atoms with Gasteiger partial charge in [0.15, 0.2) is 0 Å². The van der Waals surface area contributed by atoms with Gasteiger partial charge in [-0.2, -0.15) is 4.40 Å². The molecule has 0 atom stereocenters. The Morgan fingerprint density at radius 1 is 1.35 bits per heavy atom. The van der Waals surface area contributed by atoms with E-state index in [4.69, 9.17) is 0 Å². The Morgan fingerprint density at radius 3 is 2.00 bits per heavy atom. The van der Waals surface area contributed by atoms with E-state index in [2.05, 4.69) is 26.8 Å². The molecule has 7 heteroatoms. The van der Waals surface area contributed by atoms with Crippen molar-refractivity contribution in [1.82, 2.24) is 4.90 Å². The summed E-state index contributed by atoms with van der Waals surface area (Å²) in [5.74, 6) is 0.0737. The molecule has 0 unspecified atom stereocenters. The van der Waals surface area contributed by atoms with Gasteiger partial charge in [0.05, 0.1) is 10.9 Å². The number of thiocarbonyl (C=S) groups is 1. The minimum atomic E-state index is -3.31. The van der Waals surface area contributed by atoms with Gasteiger partial charge in [-0.25, -0.2) is 13.4 Å². The minimum absolute atomic E-state index is 0.0737.